The number of nitriles is 1. The van der Waals surface area contributed by atoms with Gasteiger partial charge in [-0.25, -0.2) is 4.98 Å². The molecule has 0 radical (unpaired) electrons. The van der Waals surface area contributed by atoms with Crippen molar-refractivity contribution < 1.29 is 0 Å². The fourth-order valence-corrected chi connectivity index (χ4v) is 3.85. The van der Waals surface area contributed by atoms with Gasteiger partial charge in [0.05, 0.1) is 11.6 Å². The minimum Gasteiger partial charge on any atom is -0.291 e. The van der Waals surface area contributed by atoms with Crippen LogP contribution in [0.1, 0.15) is 33.5 Å². The van der Waals surface area contributed by atoms with Gasteiger partial charge in [-0.05, 0) is 42.7 Å². The Labute approximate surface area is 163 Å². The smallest absolute Gasteiger partial charge is 0.257 e. The summed E-state index contributed by atoms with van der Waals surface area (Å²) in [7, 11) is 1.78. The minimum atomic E-state index is 0.00748. The largest absolute Gasteiger partial charge is 0.291 e. The maximum atomic E-state index is 12.9. The molecule has 0 unspecified atom stereocenters. The highest BCUT2D eigenvalue weighted by atomic mass is 32.2. The van der Waals surface area contributed by atoms with E-state index in [1.807, 2.05) is 31.2 Å². The number of nitrogens with zero attached hydrogens (tertiary/aromatic N) is 3. The van der Waals surface area contributed by atoms with Gasteiger partial charge in [0.15, 0.2) is 5.16 Å². The van der Waals surface area contributed by atoms with Crippen molar-refractivity contribution in [2.75, 3.05) is 0 Å². The average Bonchev–Trinajstić information content (AvgIpc) is 2.68. The van der Waals surface area contributed by atoms with Crippen molar-refractivity contribution in [2.24, 2.45) is 7.05 Å². The molecule has 4 nitrogen and oxygen atoms in total. The maximum absolute atomic E-state index is 12.9. The summed E-state index contributed by atoms with van der Waals surface area (Å²) in [6.45, 7) is 3.96. The molecule has 5 heteroatoms. The third-order valence-electron chi connectivity index (χ3n) is 4.63. The van der Waals surface area contributed by atoms with Gasteiger partial charge in [0.25, 0.3) is 5.56 Å². The SMILES string of the molecule is Cc1ccccc1Cc1c(C)nc(SCc2ccc(C#N)cc2)n(C)c1=O. The molecule has 3 rings (SSSR count). The molecule has 0 spiro atoms. The molecule has 0 N–H and O–H groups in total. The van der Waals surface area contributed by atoms with Gasteiger partial charge in [-0.3, -0.25) is 9.36 Å². The molecule has 2 aromatic carbocycles. The molecule has 0 amide bonds. The topological polar surface area (TPSA) is 58.7 Å². The normalized spacial score (nSPS) is 10.6. The number of hydrogen-bond acceptors (Lipinski definition) is 4. The van der Waals surface area contributed by atoms with Crippen LogP contribution in [0.4, 0.5) is 0 Å². The quantitative estimate of drug-likeness (QED) is 0.496. The Balaban J connectivity index is 1.83. The molecular weight excluding hydrogens is 354 g/mol. The lowest BCUT2D eigenvalue weighted by Crippen LogP contribution is -2.26. The molecule has 0 saturated carbocycles. The van der Waals surface area contributed by atoms with Gasteiger partial charge in [0.2, 0.25) is 0 Å². The number of aromatic nitrogens is 2. The van der Waals surface area contributed by atoms with Crippen molar-refractivity contribution in [3.63, 3.8) is 0 Å². The number of benzene rings is 2. The van der Waals surface area contributed by atoms with Crippen LogP contribution >= 0.6 is 11.8 Å². The molecule has 3 aromatic rings. The summed E-state index contributed by atoms with van der Waals surface area (Å²) in [6.07, 6.45) is 0.596. The molecule has 0 atom stereocenters. The van der Waals surface area contributed by atoms with Gasteiger partial charge in [0, 0.05) is 30.5 Å². The van der Waals surface area contributed by atoms with Crippen LogP contribution in [0.15, 0.2) is 58.5 Å². The molecule has 0 aliphatic rings. The van der Waals surface area contributed by atoms with Crippen LogP contribution in [0.5, 0.6) is 0 Å². The van der Waals surface area contributed by atoms with E-state index in [2.05, 4.69) is 30.1 Å². The van der Waals surface area contributed by atoms with Crippen molar-refractivity contribution in [2.45, 2.75) is 31.2 Å². The van der Waals surface area contributed by atoms with Gasteiger partial charge < -0.3 is 0 Å². The van der Waals surface area contributed by atoms with Crippen molar-refractivity contribution in [1.29, 1.82) is 5.26 Å². The molecular formula is C22H21N3OS. The third-order valence-corrected chi connectivity index (χ3v) is 5.73. The van der Waals surface area contributed by atoms with E-state index in [0.29, 0.717) is 22.9 Å². The van der Waals surface area contributed by atoms with Gasteiger partial charge >= 0.3 is 0 Å². The number of rotatable bonds is 5. The molecule has 1 aromatic heterocycles. The summed E-state index contributed by atoms with van der Waals surface area (Å²) < 4.78 is 1.63. The number of hydrogen-bond donors (Lipinski definition) is 0. The molecule has 0 saturated heterocycles. The van der Waals surface area contributed by atoms with Crippen molar-refractivity contribution in [3.05, 3.63) is 92.4 Å². The van der Waals surface area contributed by atoms with Crippen LogP contribution in [-0.4, -0.2) is 9.55 Å². The average molecular weight is 375 g/mol. The van der Waals surface area contributed by atoms with Crippen molar-refractivity contribution >= 4 is 11.8 Å². The van der Waals surface area contributed by atoms with Crippen LogP contribution in [0.25, 0.3) is 0 Å². The lowest BCUT2D eigenvalue weighted by molar-refractivity contribution is 0.683. The second-order valence-electron chi connectivity index (χ2n) is 6.52. The van der Waals surface area contributed by atoms with E-state index in [0.717, 1.165) is 22.4 Å². The highest BCUT2D eigenvalue weighted by Gasteiger charge is 2.14. The summed E-state index contributed by atoms with van der Waals surface area (Å²) >= 11 is 1.53. The molecule has 0 fully saturated rings. The summed E-state index contributed by atoms with van der Waals surface area (Å²) in [5.74, 6) is 0.697. The van der Waals surface area contributed by atoms with Crippen LogP contribution in [0.3, 0.4) is 0 Å². The van der Waals surface area contributed by atoms with Gasteiger partial charge in [-0.1, -0.05) is 48.2 Å². The zero-order valence-electron chi connectivity index (χ0n) is 15.7. The Morgan fingerprint density at radius 3 is 2.48 bits per heavy atom. The highest BCUT2D eigenvalue weighted by molar-refractivity contribution is 7.98. The monoisotopic (exact) mass is 375 g/mol. The molecule has 1 heterocycles. The standard InChI is InChI=1S/C22H21N3OS/c1-15-6-4-5-7-19(15)12-20-16(2)24-22(25(3)21(20)26)27-14-18-10-8-17(13-23)9-11-18/h4-11H,12,14H2,1-3H3. The van der Waals surface area contributed by atoms with Gasteiger partial charge in [-0.2, -0.15) is 5.26 Å². The Bertz CT molecular complexity index is 1060. The van der Waals surface area contributed by atoms with E-state index in [1.54, 1.807) is 23.7 Å². The zero-order chi connectivity index (χ0) is 19.4. The van der Waals surface area contributed by atoms with E-state index in [-0.39, 0.29) is 5.56 Å². The Kier molecular flexibility index (Phi) is 5.78. The first-order valence-corrected chi connectivity index (χ1v) is 9.71. The second-order valence-corrected chi connectivity index (χ2v) is 7.47. The summed E-state index contributed by atoms with van der Waals surface area (Å²) in [5, 5.41) is 9.58. The van der Waals surface area contributed by atoms with Gasteiger partial charge in [-0.15, -0.1) is 0 Å². The zero-order valence-corrected chi connectivity index (χ0v) is 16.5. The van der Waals surface area contributed by atoms with Crippen LogP contribution < -0.4 is 5.56 Å². The van der Waals surface area contributed by atoms with E-state index in [9.17, 15) is 4.79 Å². The first-order chi connectivity index (χ1) is 13.0. The van der Waals surface area contributed by atoms with Crippen LogP contribution in [0.2, 0.25) is 0 Å². The summed E-state index contributed by atoms with van der Waals surface area (Å²) in [5.41, 5.74) is 5.60. The molecule has 0 aliphatic heterocycles. The molecule has 27 heavy (non-hydrogen) atoms. The highest BCUT2D eigenvalue weighted by Crippen LogP contribution is 2.22. The molecule has 0 bridgehead atoms. The third kappa shape index (κ3) is 4.29. The van der Waals surface area contributed by atoms with Crippen molar-refractivity contribution in [3.8, 4) is 6.07 Å². The van der Waals surface area contributed by atoms with Crippen LogP contribution in [0, 0.1) is 25.2 Å². The molecule has 136 valence electrons. The summed E-state index contributed by atoms with van der Waals surface area (Å²) in [4.78, 5) is 17.6. The Morgan fingerprint density at radius 1 is 1.11 bits per heavy atom. The second kappa shape index (κ2) is 8.24. The number of thioether (sulfide) groups is 1. The van der Waals surface area contributed by atoms with Crippen LogP contribution in [-0.2, 0) is 19.2 Å². The maximum Gasteiger partial charge on any atom is 0.257 e. The lowest BCUT2D eigenvalue weighted by atomic mass is 10.0. The Hall–Kier alpha value is -2.84. The van der Waals surface area contributed by atoms with E-state index in [4.69, 9.17) is 5.26 Å². The van der Waals surface area contributed by atoms with Crippen molar-refractivity contribution in [1.82, 2.24) is 9.55 Å². The number of aryl methyl sites for hydroxylation is 2. The first-order valence-electron chi connectivity index (χ1n) is 8.72. The minimum absolute atomic E-state index is 0.00748. The predicted molar refractivity (Wildman–Crippen MR) is 109 cm³/mol. The van der Waals surface area contributed by atoms with Gasteiger partial charge in [0.1, 0.15) is 0 Å². The Morgan fingerprint density at radius 2 is 1.81 bits per heavy atom. The summed E-state index contributed by atoms with van der Waals surface area (Å²) in [6, 6.07) is 17.7. The van der Waals surface area contributed by atoms with E-state index >= 15 is 0 Å². The van der Waals surface area contributed by atoms with E-state index < -0.39 is 0 Å². The van der Waals surface area contributed by atoms with E-state index in [1.165, 1.54) is 17.3 Å². The first kappa shape index (κ1) is 18.9. The fourth-order valence-electron chi connectivity index (χ4n) is 2.88. The molecule has 0 aliphatic carbocycles. The fraction of sp³-hybridized carbons (Fsp3) is 0.227. The predicted octanol–water partition coefficient (Wildman–Crippen LogP) is 4.15. The lowest BCUT2D eigenvalue weighted by Gasteiger charge is -2.13.